The number of benzene rings is 1. The minimum absolute atomic E-state index is 0.0184. The van der Waals surface area contributed by atoms with Crippen LogP contribution in [0.25, 0.3) is 0 Å². The largest absolute Gasteiger partial charge is 0.379 e. The zero-order valence-electron chi connectivity index (χ0n) is 19.3. The third-order valence-electron chi connectivity index (χ3n) is 6.15. The van der Waals surface area contributed by atoms with Crippen molar-refractivity contribution < 1.29 is 17.9 Å². The van der Waals surface area contributed by atoms with Gasteiger partial charge in [-0.2, -0.15) is 4.31 Å². The third kappa shape index (κ3) is 6.06. The average Bonchev–Trinajstić information content (AvgIpc) is 2.73. The summed E-state index contributed by atoms with van der Waals surface area (Å²) < 4.78 is 33.2. The highest BCUT2D eigenvalue weighted by molar-refractivity contribution is 7.89. The molecule has 2 aliphatic heterocycles. The summed E-state index contributed by atoms with van der Waals surface area (Å²) in [6.45, 7) is 12.9. The monoisotopic (exact) mass is 451 g/mol. The van der Waals surface area contributed by atoms with Crippen molar-refractivity contribution in [3.63, 3.8) is 0 Å². The van der Waals surface area contributed by atoms with E-state index < -0.39 is 10.0 Å². The number of rotatable bonds is 7. The summed E-state index contributed by atoms with van der Waals surface area (Å²) in [6.07, 6.45) is 1.84. The first-order valence-corrected chi connectivity index (χ1v) is 12.9. The van der Waals surface area contributed by atoms with Crippen molar-refractivity contribution in [2.45, 2.75) is 51.5 Å². The molecule has 3 rings (SSSR count). The van der Waals surface area contributed by atoms with Crippen LogP contribution < -0.4 is 5.32 Å². The predicted octanol–water partition coefficient (Wildman–Crippen LogP) is 2.37. The summed E-state index contributed by atoms with van der Waals surface area (Å²) in [5, 5.41) is 3.06. The summed E-state index contributed by atoms with van der Waals surface area (Å²) in [4.78, 5) is 15.6. The number of likely N-dealkylation sites (tertiary alicyclic amines) is 1. The molecule has 2 aliphatic rings. The first-order chi connectivity index (χ1) is 14.7. The Labute approximate surface area is 187 Å². The molecule has 31 heavy (non-hydrogen) atoms. The Morgan fingerprint density at radius 3 is 2.45 bits per heavy atom. The molecule has 8 heteroatoms. The number of amides is 1. The van der Waals surface area contributed by atoms with E-state index in [1.807, 2.05) is 13.8 Å². The second kappa shape index (κ2) is 10.4. The number of morpholine rings is 1. The van der Waals surface area contributed by atoms with Crippen LogP contribution in [0.1, 0.15) is 50.0 Å². The number of carbonyl (C=O) groups is 1. The molecule has 2 heterocycles. The maximum atomic E-state index is 13.2. The fourth-order valence-electron chi connectivity index (χ4n) is 4.84. The quantitative estimate of drug-likeness (QED) is 0.689. The predicted molar refractivity (Wildman–Crippen MR) is 122 cm³/mol. The summed E-state index contributed by atoms with van der Waals surface area (Å²) >= 11 is 0. The highest BCUT2D eigenvalue weighted by Gasteiger charge is 2.29. The van der Waals surface area contributed by atoms with Crippen LogP contribution in [0.4, 0.5) is 0 Å². The molecule has 0 aromatic heterocycles. The number of ether oxygens (including phenoxy) is 1. The van der Waals surface area contributed by atoms with E-state index in [9.17, 15) is 13.2 Å². The van der Waals surface area contributed by atoms with Gasteiger partial charge < -0.3 is 15.0 Å². The van der Waals surface area contributed by atoms with E-state index in [1.165, 1.54) is 16.8 Å². The number of nitrogens with one attached hydrogen (secondary N) is 1. The molecule has 1 aromatic carbocycles. The summed E-state index contributed by atoms with van der Waals surface area (Å²) in [5.74, 6) is 1.11. The Hall–Kier alpha value is -1.48. The van der Waals surface area contributed by atoms with E-state index >= 15 is 0 Å². The van der Waals surface area contributed by atoms with Gasteiger partial charge in [0.15, 0.2) is 0 Å². The molecule has 1 aromatic rings. The number of hydrogen-bond donors (Lipinski definition) is 1. The fraction of sp³-hybridized carbons (Fsp3) is 0.696. The van der Waals surface area contributed by atoms with Gasteiger partial charge in [0.2, 0.25) is 10.0 Å². The number of carbonyl (C=O) groups excluding carboxylic acids is 1. The van der Waals surface area contributed by atoms with Gasteiger partial charge in [-0.05, 0) is 49.3 Å². The van der Waals surface area contributed by atoms with Crippen molar-refractivity contribution in [3.05, 3.63) is 29.3 Å². The molecular formula is C23H37N3O4S. The molecule has 0 aliphatic carbocycles. The minimum atomic E-state index is -3.66. The van der Waals surface area contributed by atoms with Crippen LogP contribution in [0, 0.1) is 11.8 Å². The smallest absolute Gasteiger partial charge is 0.251 e. The molecule has 0 spiro atoms. The summed E-state index contributed by atoms with van der Waals surface area (Å²) in [6, 6.07) is 5.01. The Morgan fingerprint density at radius 1 is 1.19 bits per heavy atom. The average molecular weight is 452 g/mol. The van der Waals surface area contributed by atoms with Gasteiger partial charge in [0, 0.05) is 44.3 Å². The van der Waals surface area contributed by atoms with Crippen LogP contribution in [0.5, 0.6) is 0 Å². The maximum Gasteiger partial charge on any atom is 0.251 e. The SMILES string of the molecule is CCc1ccc(C(=O)NC(C)CN2CC(C)CC(C)C2)cc1S(=O)(=O)N1CCOCC1. The number of hydrogen-bond acceptors (Lipinski definition) is 5. The van der Waals surface area contributed by atoms with Gasteiger partial charge in [-0.25, -0.2) is 8.42 Å². The molecule has 1 N–H and O–H groups in total. The van der Waals surface area contributed by atoms with E-state index in [0.29, 0.717) is 50.1 Å². The van der Waals surface area contributed by atoms with Crippen molar-refractivity contribution in [3.8, 4) is 0 Å². The van der Waals surface area contributed by atoms with Gasteiger partial charge in [-0.3, -0.25) is 4.79 Å². The normalized spacial score (nSPS) is 24.6. The number of piperidine rings is 1. The Morgan fingerprint density at radius 2 is 1.84 bits per heavy atom. The van der Waals surface area contributed by atoms with Gasteiger partial charge >= 0.3 is 0 Å². The molecule has 174 valence electrons. The standard InChI is InChI=1S/C23H37N3O4S/c1-5-20-6-7-21(13-22(20)31(28,29)26-8-10-30-11-9-26)23(27)24-19(4)16-25-14-17(2)12-18(3)15-25/h6-7,13,17-19H,5,8-12,14-16H2,1-4H3,(H,24,27). The zero-order valence-corrected chi connectivity index (χ0v) is 20.1. The van der Waals surface area contributed by atoms with Gasteiger partial charge in [0.05, 0.1) is 18.1 Å². The van der Waals surface area contributed by atoms with Crippen LogP contribution >= 0.6 is 0 Å². The third-order valence-corrected chi connectivity index (χ3v) is 8.13. The molecule has 0 bridgehead atoms. The van der Waals surface area contributed by atoms with Crippen LogP contribution in [0.3, 0.4) is 0 Å². The number of aryl methyl sites for hydroxylation is 1. The maximum absolute atomic E-state index is 13.2. The van der Waals surface area contributed by atoms with Gasteiger partial charge in [0.1, 0.15) is 0 Å². The molecule has 3 atom stereocenters. The van der Waals surface area contributed by atoms with Crippen LogP contribution in [-0.4, -0.2) is 75.5 Å². The van der Waals surface area contributed by atoms with Gasteiger partial charge in [-0.15, -0.1) is 0 Å². The topological polar surface area (TPSA) is 79.0 Å². The lowest BCUT2D eigenvalue weighted by atomic mass is 9.92. The number of sulfonamides is 1. The van der Waals surface area contributed by atoms with E-state index in [-0.39, 0.29) is 16.8 Å². The lowest BCUT2D eigenvalue weighted by Crippen LogP contribution is -2.47. The van der Waals surface area contributed by atoms with Crippen LogP contribution in [-0.2, 0) is 21.2 Å². The first kappa shape index (κ1) is 24.2. The highest BCUT2D eigenvalue weighted by atomic mass is 32.2. The second-order valence-electron chi connectivity index (χ2n) is 9.23. The molecular weight excluding hydrogens is 414 g/mol. The second-order valence-corrected chi connectivity index (χ2v) is 11.1. The first-order valence-electron chi connectivity index (χ1n) is 11.4. The molecule has 0 saturated carbocycles. The molecule has 2 fully saturated rings. The van der Waals surface area contributed by atoms with E-state index in [1.54, 1.807) is 12.1 Å². The van der Waals surface area contributed by atoms with Crippen molar-refractivity contribution in [2.75, 3.05) is 45.9 Å². The Bertz CT molecular complexity index is 858. The van der Waals surface area contributed by atoms with Crippen molar-refractivity contribution in [1.82, 2.24) is 14.5 Å². The minimum Gasteiger partial charge on any atom is -0.379 e. The van der Waals surface area contributed by atoms with E-state index in [2.05, 4.69) is 24.1 Å². The summed E-state index contributed by atoms with van der Waals surface area (Å²) in [5.41, 5.74) is 1.11. The lowest BCUT2D eigenvalue weighted by molar-refractivity contribution is 0.0730. The Balaban J connectivity index is 1.72. The van der Waals surface area contributed by atoms with Crippen molar-refractivity contribution >= 4 is 15.9 Å². The molecule has 2 saturated heterocycles. The zero-order chi connectivity index (χ0) is 22.6. The van der Waals surface area contributed by atoms with Gasteiger partial charge in [0.25, 0.3) is 5.91 Å². The molecule has 7 nitrogen and oxygen atoms in total. The molecule has 3 unspecified atom stereocenters. The summed E-state index contributed by atoms with van der Waals surface area (Å²) in [7, 11) is -3.66. The van der Waals surface area contributed by atoms with Crippen molar-refractivity contribution in [2.24, 2.45) is 11.8 Å². The highest BCUT2D eigenvalue weighted by Crippen LogP contribution is 2.24. The molecule has 0 radical (unpaired) electrons. The van der Waals surface area contributed by atoms with Crippen LogP contribution in [0.15, 0.2) is 23.1 Å². The van der Waals surface area contributed by atoms with Crippen molar-refractivity contribution in [1.29, 1.82) is 0 Å². The van der Waals surface area contributed by atoms with E-state index in [4.69, 9.17) is 4.74 Å². The van der Waals surface area contributed by atoms with Crippen LogP contribution in [0.2, 0.25) is 0 Å². The lowest BCUT2D eigenvalue weighted by Gasteiger charge is -2.36. The molecule has 1 amide bonds. The number of nitrogens with zero attached hydrogens (tertiary/aromatic N) is 2. The van der Waals surface area contributed by atoms with Gasteiger partial charge in [-0.1, -0.05) is 26.8 Å². The fourth-order valence-corrected chi connectivity index (χ4v) is 6.56. The van der Waals surface area contributed by atoms with E-state index in [0.717, 1.165) is 25.2 Å². The Kier molecular flexibility index (Phi) is 8.13.